The number of benzene rings is 1. The van der Waals surface area contributed by atoms with E-state index in [2.05, 4.69) is 34.4 Å². The standard InChI is InChI=1S/C20H22N4O/c1-3-22-14(2)12-23-20(25)17-11-19(15-7-6-10-21-13-15)24-18-9-5-4-8-16(17)18/h4-11,13-14,22H,3,12H2,1-2H3,(H,23,25)/t14-/m1/s1. The molecule has 1 aromatic carbocycles. The van der Waals surface area contributed by atoms with Crippen LogP contribution in [0.5, 0.6) is 0 Å². The molecule has 0 saturated heterocycles. The van der Waals surface area contributed by atoms with Crippen molar-refractivity contribution in [2.75, 3.05) is 13.1 Å². The highest BCUT2D eigenvalue weighted by Gasteiger charge is 2.14. The van der Waals surface area contributed by atoms with Gasteiger partial charge in [0.1, 0.15) is 0 Å². The van der Waals surface area contributed by atoms with Crippen LogP contribution >= 0.6 is 0 Å². The molecule has 5 nitrogen and oxygen atoms in total. The van der Waals surface area contributed by atoms with Crippen molar-refractivity contribution in [2.24, 2.45) is 0 Å². The second-order valence-electron chi connectivity index (χ2n) is 5.98. The van der Waals surface area contributed by atoms with Gasteiger partial charge in [-0.05, 0) is 37.7 Å². The molecule has 25 heavy (non-hydrogen) atoms. The molecule has 2 N–H and O–H groups in total. The molecule has 0 fully saturated rings. The van der Waals surface area contributed by atoms with Gasteiger partial charge < -0.3 is 10.6 Å². The van der Waals surface area contributed by atoms with Crippen molar-refractivity contribution in [3.8, 4) is 11.3 Å². The minimum absolute atomic E-state index is 0.0894. The summed E-state index contributed by atoms with van der Waals surface area (Å²) >= 11 is 0. The van der Waals surface area contributed by atoms with Gasteiger partial charge in [0.15, 0.2) is 0 Å². The predicted molar refractivity (Wildman–Crippen MR) is 100 cm³/mol. The number of hydrogen-bond acceptors (Lipinski definition) is 4. The van der Waals surface area contributed by atoms with Crippen LogP contribution in [-0.4, -0.2) is 35.0 Å². The highest BCUT2D eigenvalue weighted by Crippen LogP contribution is 2.24. The Hall–Kier alpha value is -2.79. The fraction of sp³-hybridized carbons (Fsp3) is 0.250. The number of pyridine rings is 2. The van der Waals surface area contributed by atoms with Gasteiger partial charge in [-0.1, -0.05) is 25.1 Å². The summed E-state index contributed by atoms with van der Waals surface area (Å²) in [6.07, 6.45) is 3.48. The molecule has 3 rings (SSSR count). The van der Waals surface area contributed by atoms with E-state index in [9.17, 15) is 4.79 Å². The smallest absolute Gasteiger partial charge is 0.252 e. The summed E-state index contributed by atoms with van der Waals surface area (Å²) < 4.78 is 0. The second-order valence-corrected chi connectivity index (χ2v) is 5.98. The van der Waals surface area contributed by atoms with Crippen LogP contribution in [0.1, 0.15) is 24.2 Å². The molecule has 0 unspecified atom stereocenters. The highest BCUT2D eigenvalue weighted by atomic mass is 16.1. The Balaban J connectivity index is 1.97. The molecule has 0 saturated carbocycles. The number of fused-ring (bicyclic) bond motifs is 1. The lowest BCUT2D eigenvalue weighted by atomic mass is 10.0. The van der Waals surface area contributed by atoms with Crippen molar-refractivity contribution < 1.29 is 4.79 Å². The van der Waals surface area contributed by atoms with Crippen LogP contribution in [0.25, 0.3) is 22.2 Å². The fourth-order valence-corrected chi connectivity index (χ4v) is 2.79. The molecule has 1 atom stereocenters. The Labute approximate surface area is 147 Å². The van der Waals surface area contributed by atoms with Crippen molar-refractivity contribution in [1.29, 1.82) is 0 Å². The molecule has 1 amide bonds. The average Bonchev–Trinajstić information content (AvgIpc) is 2.66. The number of amides is 1. The van der Waals surface area contributed by atoms with E-state index in [0.717, 1.165) is 28.7 Å². The van der Waals surface area contributed by atoms with E-state index >= 15 is 0 Å². The van der Waals surface area contributed by atoms with Gasteiger partial charge in [0.05, 0.1) is 16.8 Å². The molecule has 0 aliphatic rings. The van der Waals surface area contributed by atoms with Crippen molar-refractivity contribution in [2.45, 2.75) is 19.9 Å². The van der Waals surface area contributed by atoms with Gasteiger partial charge in [0.25, 0.3) is 5.91 Å². The average molecular weight is 334 g/mol. The van der Waals surface area contributed by atoms with Gasteiger partial charge in [-0.3, -0.25) is 9.78 Å². The third kappa shape index (κ3) is 4.00. The summed E-state index contributed by atoms with van der Waals surface area (Å²) in [7, 11) is 0. The van der Waals surface area contributed by atoms with Gasteiger partial charge in [0.2, 0.25) is 0 Å². The predicted octanol–water partition coefficient (Wildman–Crippen LogP) is 3.02. The van der Waals surface area contributed by atoms with Crippen molar-refractivity contribution in [1.82, 2.24) is 20.6 Å². The summed E-state index contributed by atoms with van der Waals surface area (Å²) in [6, 6.07) is 13.6. The Kier molecular flexibility index (Phi) is 5.36. The number of para-hydroxylation sites is 1. The third-order valence-corrected chi connectivity index (χ3v) is 4.04. The number of carbonyl (C=O) groups is 1. The molecular formula is C20H22N4O. The van der Waals surface area contributed by atoms with Crippen molar-refractivity contribution in [3.05, 3.63) is 60.4 Å². The number of hydrogen-bond donors (Lipinski definition) is 2. The van der Waals surface area contributed by atoms with E-state index in [4.69, 9.17) is 0 Å². The molecule has 2 heterocycles. The monoisotopic (exact) mass is 334 g/mol. The molecule has 0 aliphatic carbocycles. The molecule has 0 radical (unpaired) electrons. The maximum Gasteiger partial charge on any atom is 0.252 e. The van der Waals surface area contributed by atoms with Crippen molar-refractivity contribution in [3.63, 3.8) is 0 Å². The van der Waals surface area contributed by atoms with Crippen LogP contribution in [-0.2, 0) is 0 Å². The minimum Gasteiger partial charge on any atom is -0.350 e. The highest BCUT2D eigenvalue weighted by molar-refractivity contribution is 6.07. The Morgan fingerprint density at radius 1 is 1.20 bits per heavy atom. The van der Waals surface area contributed by atoms with Gasteiger partial charge >= 0.3 is 0 Å². The first-order valence-electron chi connectivity index (χ1n) is 8.50. The summed E-state index contributed by atoms with van der Waals surface area (Å²) in [5, 5.41) is 7.15. The number of nitrogens with one attached hydrogen (secondary N) is 2. The zero-order chi connectivity index (χ0) is 17.6. The lowest BCUT2D eigenvalue weighted by molar-refractivity contribution is 0.0952. The van der Waals surface area contributed by atoms with E-state index in [1.165, 1.54) is 0 Å². The van der Waals surface area contributed by atoms with E-state index in [1.54, 1.807) is 12.4 Å². The van der Waals surface area contributed by atoms with Gasteiger partial charge in [-0.15, -0.1) is 0 Å². The zero-order valence-electron chi connectivity index (χ0n) is 14.5. The number of aromatic nitrogens is 2. The van der Waals surface area contributed by atoms with E-state index in [1.807, 2.05) is 42.5 Å². The SMILES string of the molecule is CCN[C@H](C)CNC(=O)c1cc(-c2cccnc2)nc2ccccc12. The second kappa shape index (κ2) is 7.85. The normalized spacial score (nSPS) is 12.1. The van der Waals surface area contributed by atoms with Crippen molar-refractivity contribution >= 4 is 16.8 Å². The quantitative estimate of drug-likeness (QED) is 0.727. The number of likely N-dealkylation sites (N-methyl/N-ethyl adjacent to an activating group) is 1. The van der Waals surface area contributed by atoms with Crippen LogP contribution in [0.4, 0.5) is 0 Å². The molecule has 0 bridgehead atoms. The molecular weight excluding hydrogens is 312 g/mol. The fourth-order valence-electron chi connectivity index (χ4n) is 2.79. The third-order valence-electron chi connectivity index (χ3n) is 4.04. The molecule has 0 spiro atoms. The Morgan fingerprint density at radius 3 is 2.80 bits per heavy atom. The van der Waals surface area contributed by atoms with Gasteiger partial charge in [0, 0.05) is 35.9 Å². The number of rotatable bonds is 6. The maximum atomic E-state index is 12.8. The lowest BCUT2D eigenvalue weighted by Crippen LogP contribution is -2.38. The maximum absolute atomic E-state index is 12.8. The summed E-state index contributed by atoms with van der Waals surface area (Å²) in [5.41, 5.74) is 3.07. The molecule has 3 aromatic rings. The first kappa shape index (κ1) is 17.0. The van der Waals surface area contributed by atoms with Crippen LogP contribution in [0, 0.1) is 0 Å². The van der Waals surface area contributed by atoms with E-state index in [-0.39, 0.29) is 11.9 Å². The number of carbonyl (C=O) groups excluding carboxylic acids is 1. The van der Waals surface area contributed by atoms with Crippen LogP contribution in [0.15, 0.2) is 54.9 Å². The Bertz CT molecular complexity index is 864. The van der Waals surface area contributed by atoms with E-state index in [0.29, 0.717) is 12.1 Å². The molecule has 2 aromatic heterocycles. The van der Waals surface area contributed by atoms with Gasteiger partial charge in [-0.25, -0.2) is 4.98 Å². The van der Waals surface area contributed by atoms with Gasteiger partial charge in [-0.2, -0.15) is 0 Å². The lowest BCUT2D eigenvalue weighted by Gasteiger charge is -2.14. The largest absolute Gasteiger partial charge is 0.350 e. The van der Waals surface area contributed by atoms with E-state index < -0.39 is 0 Å². The first-order valence-corrected chi connectivity index (χ1v) is 8.50. The molecule has 5 heteroatoms. The summed E-state index contributed by atoms with van der Waals surface area (Å²) in [6.45, 7) is 5.55. The van der Waals surface area contributed by atoms with Crippen LogP contribution in [0.3, 0.4) is 0 Å². The topological polar surface area (TPSA) is 66.9 Å². The minimum atomic E-state index is -0.0894. The molecule has 0 aliphatic heterocycles. The first-order chi connectivity index (χ1) is 12.2. The Morgan fingerprint density at radius 2 is 2.04 bits per heavy atom. The summed E-state index contributed by atoms with van der Waals surface area (Å²) in [5.74, 6) is -0.0894. The van der Waals surface area contributed by atoms with Crippen LogP contribution in [0.2, 0.25) is 0 Å². The number of nitrogens with zero attached hydrogens (tertiary/aromatic N) is 2. The van der Waals surface area contributed by atoms with Crippen LogP contribution < -0.4 is 10.6 Å². The molecule has 128 valence electrons. The zero-order valence-corrected chi connectivity index (χ0v) is 14.5. The summed E-state index contributed by atoms with van der Waals surface area (Å²) in [4.78, 5) is 21.6.